The van der Waals surface area contributed by atoms with E-state index in [9.17, 15) is 19.2 Å². The average Bonchev–Trinajstić information content (AvgIpc) is 3.36. The molecule has 1 saturated heterocycles. The van der Waals surface area contributed by atoms with Crippen LogP contribution in [0.2, 0.25) is 0 Å². The van der Waals surface area contributed by atoms with Gasteiger partial charge < -0.3 is 28.8 Å². The summed E-state index contributed by atoms with van der Waals surface area (Å²) in [6.07, 6.45) is -0.0187. The third kappa shape index (κ3) is 4.48. The van der Waals surface area contributed by atoms with E-state index in [1.807, 2.05) is 0 Å². The molecule has 0 saturated carbocycles. The summed E-state index contributed by atoms with van der Waals surface area (Å²) in [6.45, 7) is 5.73. The molecule has 2 aliphatic rings. The number of fused-ring (bicyclic) bond motifs is 1. The van der Waals surface area contributed by atoms with Crippen LogP contribution in [0.1, 0.15) is 45.4 Å². The Labute approximate surface area is 196 Å². The van der Waals surface area contributed by atoms with Crippen molar-refractivity contribution in [3.05, 3.63) is 40.7 Å². The predicted molar refractivity (Wildman–Crippen MR) is 119 cm³/mol. The zero-order valence-electron chi connectivity index (χ0n) is 19.3. The molecule has 0 spiro atoms. The Kier molecular flexibility index (Phi) is 6.58. The van der Waals surface area contributed by atoms with Gasteiger partial charge in [-0.15, -0.1) is 0 Å². The van der Waals surface area contributed by atoms with Gasteiger partial charge in [0.2, 0.25) is 11.7 Å². The number of hydrogen-bond donors (Lipinski definition) is 1. The number of nitrogens with one attached hydrogen (secondary N) is 1. The number of carbonyl (C=O) groups is 4. The van der Waals surface area contributed by atoms with Gasteiger partial charge in [-0.2, -0.15) is 0 Å². The van der Waals surface area contributed by atoms with E-state index in [4.69, 9.17) is 18.9 Å². The van der Waals surface area contributed by atoms with Gasteiger partial charge in [0, 0.05) is 30.4 Å². The van der Waals surface area contributed by atoms with E-state index in [0.29, 0.717) is 47.2 Å². The maximum atomic E-state index is 12.7. The highest BCUT2D eigenvalue weighted by Gasteiger charge is 2.37. The second-order valence-corrected chi connectivity index (χ2v) is 8.11. The zero-order chi connectivity index (χ0) is 24.4. The van der Waals surface area contributed by atoms with Crippen molar-refractivity contribution in [2.24, 2.45) is 5.92 Å². The van der Waals surface area contributed by atoms with Gasteiger partial charge in [0.15, 0.2) is 18.1 Å². The smallest absolute Gasteiger partial charge is 0.340 e. The number of ether oxygens (including phenoxy) is 4. The number of H-pyrrole nitrogens is 1. The van der Waals surface area contributed by atoms with Crippen LogP contribution in [0.5, 0.6) is 11.5 Å². The van der Waals surface area contributed by atoms with Crippen molar-refractivity contribution in [1.82, 2.24) is 4.98 Å². The van der Waals surface area contributed by atoms with Gasteiger partial charge in [-0.05, 0) is 38.5 Å². The number of carbonyl (C=O) groups excluding carboxylic acids is 4. The molecule has 4 rings (SSSR count). The molecule has 10 nitrogen and oxygen atoms in total. The van der Waals surface area contributed by atoms with Crippen LogP contribution >= 0.6 is 0 Å². The number of aromatic nitrogens is 1. The first-order valence-corrected chi connectivity index (χ1v) is 11.1. The van der Waals surface area contributed by atoms with Crippen LogP contribution in [0.4, 0.5) is 5.69 Å². The monoisotopic (exact) mass is 470 g/mol. The van der Waals surface area contributed by atoms with E-state index in [2.05, 4.69) is 4.98 Å². The SMILES string of the molecule is CCOC(=O)c1c(C)[nH]c(C(=O)COC(=O)C2CC(=O)N(c3ccc4c(c3)OCCO4)C2)c1C. The van der Waals surface area contributed by atoms with Gasteiger partial charge in [0.25, 0.3) is 0 Å². The average molecular weight is 470 g/mol. The van der Waals surface area contributed by atoms with Gasteiger partial charge in [-0.3, -0.25) is 14.4 Å². The van der Waals surface area contributed by atoms with Gasteiger partial charge in [0.05, 0.1) is 23.8 Å². The van der Waals surface area contributed by atoms with Crippen molar-refractivity contribution < 1.29 is 38.1 Å². The quantitative estimate of drug-likeness (QED) is 0.483. The van der Waals surface area contributed by atoms with E-state index < -0.39 is 30.2 Å². The molecular weight excluding hydrogens is 444 g/mol. The summed E-state index contributed by atoms with van der Waals surface area (Å²) < 4.78 is 21.3. The van der Waals surface area contributed by atoms with Crippen LogP contribution in [-0.4, -0.2) is 61.6 Å². The highest BCUT2D eigenvalue weighted by molar-refractivity contribution is 6.03. The topological polar surface area (TPSA) is 124 Å². The van der Waals surface area contributed by atoms with Crippen LogP contribution in [0.3, 0.4) is 0 Å². The van der Waals surface area contributed by atoms with Crippen molar-refractivity contribution in [3.63, 3.8) is 0 Å². The van der Waals surface area contributed by atoms with Crippen LogP contribution in [0.25, 0.3) is 0 Å². The number of hydrogen-bond acceptors (Lipinski definition) is 8. The molecule has 1 amide bonds. The lowest BCUT2D eigenvalue weighted by atomic mass is 10.1. The van der Waals surface area contributed by atoms with Crippen molar-refractivity contribution in [3.8, 4) is 11.5 Å². The second-order valence-electron chi connectivity index (χ2n) is 8.11. The molecule has 1 aromatic carbocycles. The number of anilines is 1. The molecule has 1 unspecified atom stereocenters. The largest absolute Gasteiger partial charge is 0.486 e. The Bertz CT molecular complexity index is 1150. The van der Waals surface area contributed by atoms with E-state index >= 15 is 0 Å². The lowest BCUT2D eigenvalue weighted by Gasteiger charge is -2.22. The molecule has 34 heavy (non-hydrogen) atoms. The van der Waals surface area contributed by atoms with Gasteiger partial charge in [0.1, 0.15) is 13.2 Å². The maximum absolute atomic E-state index is 12.7. The van der Waals surface area contributed by atoms with Crippen LogP contribution in [-0.2, 0) is 19.1 Å². The molecule has 0 radical (unpaired) electrons. The van der Waals surface area contributed by atoms with E-state index in [-0.39, 0.29) is 31.2 Å². The number of esters is 2. The first-order valence-electron chi connectivity index (χ1n) is 11.1. The van der Waals surface area contributed by atoms with Gasteiger partial charge >= 0.3 is 11.9 Å². The summed E-state index contributed by atoms with van der Waals surface area (Å²) >= 11 is 0. The molecule has 2 aromatic rings. The second kappa shape index (κ2) is 9.58. The van der Waals surface area contributed by atoms with Gasteiger partial charge in [-0.25, -0.2) is 4.79 Å². The molecule has 3 heterocycles. The third-order valence-corrected chi connectivity index (χ3v) is 5.84. The number of ketones is 1. The van der Waals surface area contributed by atoms with Crippen molar-refractivity contribution in [2.45, 2.75) is 27.2 Å². The minimum atomic E-state index is -0.699. The fourth-order valence-electron chi connectivity index (χ4n) is 4.18. The number of Topliss-reactive ketones (excluding diaryl/α,β-unsaturated/α-hetero) is 1. The summed E-state index contributed by atoms with van der Waals surface area (Å²) in [7, 11) is 0. The minimum Gasteiger partial charge on any atom is -0.486 e. The number of aromatic amines is 1. The fraction of sp³-hybridized carbons (Fsp3) is 0.417. The Balaban J connectivity index is 1.38. The first-order chi connectivity index (χ1) is 16.3. The summed E-state index contributed by atoms with van der Waals surface area (Å²) in [6, 6.07) is 5.17. The lowest BCUT2D eigenvalue weighted by Crippen LogP contribution is -2.27. The Morgan fingerprint density at radius 3 is 2.59 bits per heavy atom. The Morgan fingerprint density at radius 2 is 1.85 bits per heavy atom. The van der Waals surface area contributed by atoms with Crippen molar-refractivity contribution in [2.75, 3.05) is 37.9 Å². The van der Waals surface area contributed by atoms with E-state index in [1.54, 1.807) is 39.0 Å². The molecule has 1 aromatic heterocycles. The van der Waals surface area contributed by atoms with Crippen LogP contribution < -0.4 is 14.4 Å². The number of benzene rings is 1. The normalized spacial score (nSPS) is 17.0. The number of aryl methyl sites for hydroxylation is 1. The molecule has 10 heteroatoms. The van der Waals surface area contributed by atoms with E-state index in [0.717, 1.165) is 0 Å². The van der Waals surface area contributed by atoms with Gasteiger partial charge in [-0.1, -0.05) is 0 Å². The number of rotatable bonds is 7. The summed E-state index contributed by atoms with van der Waals surface area (Å²) in [4.78, 5) is 54.3. The molecule has 180 valence electrons. The highest BCUT2D eigenvalue weighted by Crippen LogP contribution is 2.36. The highest BCUT2D eigenvalue weighted by atomic mass is 16.6. The molecule has 1 fully saturated rings. The number of amides is 1. The van der Waals surface area contributed by atoms with Crippen LogP contribution in [0, 0.1) is 19.8 Å². The first kappa shape index (κ1) is 23.3. The van der Waals surface area contributed by atoms with Crippen LogP contribution in [0.15, 0.2) is 18.2 Å². The molecule has 0 aliphatic carbocycles. The van der Waals surface area contributed by atoms with Crippen molar-refractivity contribution >= 4 is 29.3 Å². The molecule has 2 aliphatic heterocycles. The van der Waals surface area contributed by atoms with Crippen molar-refractivity contribution in [1.29, 1.82) is 0 Å². The Morgan fingerprint density at radius 1 is 1.12 bits per heavy atom. The predicted octanol–water partition coefficient (Wildman–Crippen LogP) is 2.36. The molecule has 1 atom stereocenters. The standard InChI is InChI=1S/C24H26N2O8/c1-4-31-24(30)21-13(2)22(25-14(21)3)17(27)12-34-23(29)15-9-20(28)26(11-15)16-5-6-18-19(10-16)33-8-7-32-18/h5-6,10,15,25H,4,7-9,11-12H2,1-3H3. The summed E-state index contributed by atoms with van der Waals surface area (Å²) in [5, 5.41) is 0. The summed E-state index contributed by atoms with van der Waals surface area (Å²) in [5.41, 5.74) is 2.03. The molecular formula is C24H26N2O8. The maximum Gasteiger partial charge on any atom is 0.340 e. The minimum absolute atomic E-state index is 0.0187. The zero-order valence-corrected chi connectivity index (χ0v) is 19.3. The molecule has 1 N–H and O–H groups in total. The molecule has 0 bridgehead atoms. The third-order valence-electron chi connectivity index (χ3n) is 5.84. The fourth-order valence-corrected chi connectivity index (χ4v) is 4.18. The Hall–Kier alpha value is -3.82. The summed E-state index contributed by atoms with van der Waals surface area (Å²) in [5.74, 6) is -1.39. The van der Waals surface area contributed by atoms with E-state index in [1.165, 1.54) is 4.90 Å². The number of nitrogens with zero attached hydrogens (tertiary/aromatic N) is 1. The lowest BCUT2D eigenvalue weighted by molar-refractivity contribution is -0.147.